The monoisotopic (exact) mass is 388 g/mol. The van der Waals surface area contributed by atoms with Crippen LogP contribution in [0.3, 0.4) is 0 Å². The summed E-state index contributed by atoms with van der Waals surface area (Å²) in [6.45, 7) is 8.43. The number of aromatic nitrogens is 3. The van der Waals surface area contributed by atoms with Gasteiger partial charge in [0.15, 0.2) is 5.65 Å². The first kappa shape index (κ1) is 18.7. The molecule has 1 N–H and O–H groups in total. The van der Waals surface area contributed by atoms with Crippen molar-refractivity contribution in [3.8, 4) is 17.0 Å². The molecule has 2 aromatic carbocycles. The lowest BCUT2D eigenvalue weighted by atomic mass is 10.1. The molecule has 0 atom stereocenters. The minimum Gasteiger partial charge on any atom is -0.494 e. The van der Waals surface area contributed by atoms with E-state index in [-0.39, 0.29) is 5.82 Å². The maximum absolute atomic E-state index is 13.7. The highest BCUT2D eigenvalue weighted by molar-refractivity contribution is 5.76. The fourth-order valence-corrected chi connectivity index (χ4v) is 3.10. The van der Waals surface area contributed by atoms with Gasteiger partial charge in [0.05, 0.1) is 18.0 Å². The molecule has 2 aromatic heterocycles. The van der Waals surface area contributed by atoms with Crippen LogP contribution in [-0.2, 0) is 0 Å². The average molecular weight is 388 g/mol. The molecule has 0 aliphatic heterocycles. The highest BCUT2D eigenvalue weighted by atomic mass is 19.1. The first-order chi connectivity index (χ1) is 14.0. The summed E-state index contributed by atoms with van der Waals surface area (Å²) in [5.41, 5.74) is 5.20. The Bertz CT molecular complexity index is 1180. The second-order valence-corrected chi connectivity index (χ2v) is 6.65. The number of benzene rings is 2. The molecule has 29 heavy (non-hydrogen) atoms. The zero-order valence-electron chi connectivity index (χ0n) is 16.3. The van der Waals surface area contributed by atoms with Gasteiger partial charge in [-0.3, -0.25) is 0 Å². The Balaban J connectivity index is 1.63. The summed E-state index contributed by atoms with van der Waals surface area (Å²) >= 11 is 0. The van der Waals surface area contributed by atoms with Crippen LogP contribution in [0.4, 0.5) is 10.1 Å². The molecule has 0 saturated carbocycles. The summed E-state index contributed by atoms with van der Waals surface area (Å²) in [6.07, 6.45) is 1.72. The minimum absolute atomic E-state index is 0.229. The van der Waals surface area contributed by atoms with Crippen LogP contribution in [0.2, 0.25) is 0 Å². The fraction of sp³-hybridized carbons (Fsp3) is 0.130. The van der Waals surface area contributed by atoms with Gasteiger partial charge < -0.3 is 10.1 Å². The van der Waals surface area contributed by atoms with E-state index >= 15 is 0 Å². The Labute approximate surface area is 168 Å². The van der Waals surface area contributed by atoms with Crippen LogP contribution in [0, 0.1) is 12.7 Å². The molecule has 4 aromatic rings. The van der Waals surface area contributed by atoms with Crippen molar-refractivity contribution in [2.75, 3.05) is 11.9 Å². The van der Waals surface area contributed by atoms with Crippen LogP contribution in [0.5, 0.6) is 5.75 Å². The number of rotatable bonds is 6. The first-order valence-electron chi connectivity index (χ1n) is 9.35. The van der Waals surface area contributed by atoms with Gasteiger partial charge in [-0.2, -0.15) is 5.10 Å². The lowest BCUT2D eigenvalue weighted by Crippen LogP contribution is -2.00. The van der Waals surface area contributed by atoms with E-state index < -0.39 is 0 Å². The molecule has 0 bridgehead atoms. The Morgan fingerprint density at radius 2 is 1.93 bits per heavy atom. The maximum Gasteiger partial charge on any atom is 0.156 e. The summed E-state index contributed by atoms with van der Waals surface area (Å²) in [5.74, 6) is 0.591. The molecule has 0 aliphatic rings. The molecular formula is C23H21FN4O. The van der Waals surface area contributed by atoms with Gasteiger partial charge in [-0.1, -0.05) is 6.58 Å². The van der Waals surface area contributed by atoms with Crippen LogP contribution in [0.25, 0.3) is 22.6 Å². The lowest BCUT2D eigenvalue weighted by molar-refractivity contribution is 0.340. The zero-order chi connectivity index (χ0) is 20.4. The van der Waals surface area contributed by atoms with Gasteiger partial charge in [0.1, 0.15) is 17.3 Å². The van der Waals surface area contributed by atoms with Crippen LogP contribution >= 0.6 is 0 Å². The van der Waals surface area contributed by atoms with Crippen LogP contribution in [0.15, 0.2) is 67.4 Å². The number of hydrogen-bond donors (Lipinski definition) is 1. The first-order valence-corrected chi connectivity index (χ1v) is 9.35. The summed E-state index contributed by atoms with van der Waals surface area (Å²) in [7, 11) is 0. The third-order valence-corrected chi connectivity index (χ3v) is 4.58. The SMILES string of the molecule is C=C(Nc1ccc(OCC)cc1)c1cc2nccc(-c3ccc(F)c(C)c3)n2n1. The minimum atomic E-state index is -0.229. The van der Waals surface area contributed by atoms with E-state index in [1.165, 1.54) is 6.07 Å². The molecule has 4 rings (SSSR count). The second-order valence-electron chi connectivity index (χ2n) is 6.65. The molecule has 2 heterocycles. The molecule has 5 nitrogen and oxygen atoms in total. The zero-order valence-corrected chi connectivity index (χ0v) is 16.3. The summed E-state index contributed by atoms with van der Waals surface area (Å²) in [6, 6.07) is 16.4. The topological polar surface area (TPSA) is 51.5 Å². The maximum atomic E-state index is 13.7. The number of ether oxygens (including phenoxy) is 1. The van der Waals surface area contributed by atoms with Crippen molar-refractivity contribution in [2.45, 2.75) is 13.8 Å². The van der Waals surface area contributed by atoms with Gasteiger partial charge in [0.25, 0.3) is 0 Å². The van der Waals surface area contributed by atoms with Crippen LogP contribution in [0.1, 0.15) is 18.2 Å². The number of nitrogens with one attached hydrogen (secondary N) is 1. The van der Waals surface area contributed by atoms with Gasteiger partial charge in [-0.15, -0.1) is 0 Å². The number of fused-ring (bicyclic) bond motifs is 1. The van der Waals surface area contributed by atoms with Gasteiger partial charge in [0.2, 0.25) is 0 Å². The van der Waals surface area contributed by atoms with Crippen molar-refractivity contribution in [2.24, 2.45) is 0 Å². The van der Waals surface area contributed by atoms with Crippen LogP contribution < -0.4 is 10.1 Å². The smallest absolute Gasteiger partial charge is 0.156 e. The number of halogens is 1. The Kier molecular flexibility index (Phi) is 4.99. The molecule has 0 unspecified atom stereocenters. The molecule has 6 heteroatoms. The van der Waals surface area contributed by atoms with E-state index in [4.69, 9.17) is 4.74 Å². The molecular weight excluding hydrogens is 367 g/mol. The molecule has 0 aliphatic carbocycles. The fourth-order valence-electron chi connectivity index (χ4n) is 3.10. The molecule has 0 saturated heterocycles. The van der Waals surface area contributed by atoms with E-state index in [1.807, 2.05) is 43.3 Å². The second kappa shape index (κ2) is 7.75. The average Bonchev–Trinajstić information content (AvgIpc) is 3.16. The van der Waals surface area contributed by atoms with Crippen molar-refractivity contribution in [1.82, 2.24) is 14.6 Å². The van der Waals surface area contributed by atoms with Crippen molar-refractivity contribution in [3.05, 3.63) is 84.4 Å². The molecule has 0 radical (unpaired) electrons. The number of hydrogen-bond acceptors (Lipinski definition) is 4. The predicted molar refractivity (Wildman–Crippen MR) is 113 cm³/mol. The standard InChI is InChI=1S/C23H21FN4O/c1-4-29-19-8-6-18(7-9-19)26-16(3)21-14-23-25-12-11-22(28(23)27-21)17-5-10-20(24)15(2)13-17/h5-14,26H,3-4H2,1-2H3. The van der Waals surface area contributed by atoms with E-state index in [2.05, 4.69) is 22.0 Å². The molecule has 0 spiro atoms. The number of anilines is 1. The Morgan fingerprint density at radius 3 is 2.66 bits per heavy atom. The summed E-state index contributed by atoms with van der Waals surface area (Å²) in [4.78, 5) is 4.39. The van der Waals surface area contributed by atoms with E-state index in [0.717, 1.165) is 22.7 Å². The highest BCUT2D eigenvalue weighted by Gasteiger charge is 2.12. The van der Waals surface area contributed by atoms with Crippen molar-refractivity contribution < 1.29 is 9.13 Å². The molecule has 146 valence electrons. The van der Waals surface area contributed by atoms with E-state index in [9.17, 15) is 4.39 Å². The van der Waals surface area contributed by atoms with Gasteiger partial charge in [-0.05, 0) is 67.9 Å². The molecule has 0 amide bonds. The highest BCUT2D eigenvalue weighted by Crippen LogP contribution is 2.25. The third kappa shape index (κ3) is 3.82. The largest absolute Gasteiger partial charge is 0.494 e. The number of aryl methyl sites for hydroxylation is 1. The van der Waals surface area contributed by atoms with Crippen molar-refractivity contribution in [1.29, 1.82) is 0 Å². The normalized spacial score (nSPS) is 10.9. The van der Waals surface area contributed by atoms with Gasteiger partial charge in [0, 0.05) is 23.5 Å². The molecule has 0 fully saturated rings. The quantitative estimate of drug-likeness (QED) is 0.485. The Hall–Kier alpha value is -3.67. The number of nitrogens with zero attached hydrogens (tertiary/aromatic N) is 3. The lowest BCUT2D eigenvalue weighted by Gasteiger charge is -2.09. The van der Waals surface area contributed by atoms with E-state index in [0.29, 0.717) is 29.2 Å². The van der Waals surface area contributed by atoms with Crippen molar-refractivity contribution >= 4 is 17.0 Å². The summed E-state index contributed by atoms with van der Waals surface area (Å²) < 4.78 is 20.9. The van der Waals surface area contributed by atoms with Gasteiger partial charge in [-0.25, -0.2) is 13.9 Å². The van der Waals surface area contributed by atoms with Crippen molar-refractivity contribution in [3.63, 3.8) is 0 Å². The predicted octanol–water partition coefficient (Wildman–Crippen LogP) is 5.33. The third-order valence-electron chi connectivity index (χ3n) is 4.58. The van der Waals surface area contributed by atoms with Gasteiger partial charge >= 0.3 is 0 Å². The van der Waals surface area contributed by atoms with Crippen LogP contribution in [-0.4, -0.2) is 21.2 Å². The Morgan fingerprint density at radius 1 is 1.14 bits per heavy atom. The summed E-state index contributed by atoms with van der Waals surface area (Å²) in [5, 5.41) is 7.92. The van der Waals surface area contributed by atoms with E-state index in [1.54, 1.807) is 29.8 Å².